The highest BCUT2D eigenvalue weighted by Crippen LogP contribution is 2.32. The van der Waals surface area contributed by atoms with Gasteiger partial charge in [0.15, 0.2) is 0 Å². The molecule has 8 heteroatoms. The first kappa shape index (κ1) is 18.2. The van der Waals surface area contributed by atoms with Gasteiger partial charge in [-0.1, -0.05) is 30.3 Å². The van der Waals surface area contributed by atoms with E-state index in [1.807, 2.05) is 18.2 Å². The molecular formula is C25H28N4O4. The number of rotatable bonds is 6. The highest BCUT2D eigenvalue weighted by molar-refractivity contribution is 6.06. The molecule has 2 aromatic rings. The van der Waals surface area contributed by atoms with E-state index in [2.05, 4.69) is 21.6 Å². The molecule has 0 spiro atoms. The molecule has 8 nitrogen and oxygen atoms in total. The normalized spacial score (nSPS) is 26.2. The van der Waals surface area contributed by atoms with E-state index >= 15 is 0 Å². The van der Waals surface area contributed by atoms with E-state index in [0.717, 1.165) is 30.8 Å². The summed E-state index contributed by atoms with van der Waals surface area (Å²) in [5.74, 6) is -2.27. The van der Waals surface area contributed by atoms with Crippen molar-refractivity contribution in [3.63, 3.8) is 0 Å². The summed E-state index contributed by atoms with van der Waals surface area (Å²) >= 11 is 0. The molecule has 2 saturated heterocycles. The lowest BCUT2D eigenvalue weighted by Gasteiger charge is -2.29. The first-order valence-electron chi connectivity index (χ1n) is 12.6. The van der Waals surface area contributed by atoms with Gasteiger partial charge in [-0.3, -0.25) is 24.6 Å². The van der Waals surface area contributed by atoms with Crippen LogP contribution in [-0.4, -0.2) is 59.8 Å². The zero-order valence-corrected chi connectivity index (χ0v) is 18.2. The summed E-state index contributed by atoms with van der Waals surface area (Å²) in [6, 6.07) is 10.6. The summed E-state index contributed by atoms with van der Waals surface area (Å²) in [6.07, 6.45) is -0.412. The zero-order valence-electron chi connectivity index (χ0n) is 21.2. The SMILES string of the molecule is [2H]C1(N2C(=O)c3cccc(NCc4ccccc4CN4CCOCC4)c3C2([2H])[2H])CCC(=O)NC1=O. The van der Waals surface area contributed by atoms with Gasteiger partial charge < -0.3 is 15.0 Å². The second kappa shape index (κ2) is 9.33. The van der Waals surface area contributed by atoms with Gasteiger partial charge >= 0.3 is 0 Å². The molecule has 1 unspecified atom stereocenters. The second-order valence-corrected chi connectivity index (χ2v) is 8.32. The molecule has 0 aromatic heterocycles. The monoisotopic (exact) mass is 451 g/mol. The number of carbonyl (C=O) groups excluding carboxylic acids is 3. The van der Waals surface area contributed by atoms with Gasteiger partial charge in [0.25, 0.3) is 5.91 Å². The Bertz CT molecular complexity index is 1220. The van der Waals surface area contributed by atoms with Gasteiger partial charge in [-0.25, -0.2) is 0 Å². The van der Waals surface area contributed by atoms with Crippen molar-refractivity contribution in [2.75, 3.05) is 31.6 Å². The molecule has 2 aromatic carbocycles. The van der Waals surface area contributed by atoms with Crippen LogP contribution in [0.15, 0.2) is 42.5 Å². The maximum atomic E-state index is 13.3. The molecule has 3 aliphatic rings. The quantitative estimate of drug-likeness (QED) is 0.652. The number of hydrogen-bond acceptors (Lipinski definition) is 6. The Balaban J connectivity index is 1.41. The van der Waals surface area contributed by atoms with Crippen molar-refractivity contribution in [2.45, 2.75) is 38.4 Å². The van der Waals surface area contributed by atoms with Gasteiger partial charge in [0.05, 0.1) is 17.3 Å². The number of imide groups is 1. The molecule has 1 atom stereocenters. The third kappa shape index (κ3) is 4.49. The second-order valence-electron chi connectivity index (χ2n) is 8.32. The van der Waals surface area contributed by atoms with Crippen molar-refractivity contribution in [1.29, 1.82) is 0 Å². The lowest BCUT2D eigenvalue weighted by molar-refractivity contribution is -0.136. The fourth-order valence-corrected chi connectivity index (χ4v) is 4.37. The predicted octanol–water partition coefficient (Wildman–Crippen LogP) is 1.89. The number of amides is 3. The number of ether oxygens (including phenoxy) is 1. The van der Waals surface area contributed by atoms with E-state index in [1.165, 1.54) is 6.07 Å². The van der Waals surface area contributed by atoms with Gasteiger partial charge in [0.1, 0.15) is 6.02 Å². The van der Waals surface area contributed by atoms with Gasteiger partial charge in [0.2, 0.25) is 11.8 Å². The Kier molecular flexibility index (Phi) is 5.15. The maximum absolute atomic E-state index is 13.3. The number of fused-ring (bicyclic) bond motifs is 1. The maximum Gasteiger partial charge on any atom is 0.255 e. The Morgan fingerprint density at radius 3 is 2.67 bits per heavy atom. The summed E-state index contributed by atoms with van der Waals surface area (Å²) in [6.45, 7) is 1.89. The molecule has 0 bridgehead atoms. The third-order valence-electron chi connectivity index (χ3n) is 6.18. The Morgan fingerprint density at radius 1 is 1.09 bits per heavy atom. The molecule has 0 aliphatic carbocycles. The number of hydrogen-bond donors (Lipinski definition) is 2. The minimum Gasteiger partial charge on any atom is -0.381 e. The topological polar surface area (TPSA) is 91.0 Å². The smallest absolute Gasteiger partial charge is 0.255 e. The van der Waals surface area contributed by atoms with E-state index in [1.54, 1.807) is 12.1 Å². The van der Waals surface area contributed by atoms with Crippen molar-refractivity contribution in [3.05, 3.63) is 64.7 Å². The molecule has 5 rings (SSSR count). The number of carbonyl (C=O) groups is 3. The number of benzene rings is 2. The van der Waals surface area contributed by atoms with Crippen LogP contribution in [0.2, 0.25) is 0 Å². The highest BCUT2D eigenvalue weighted by Gasteiger charge is 2.39. The number of morpholine rings is 1. The molecule has 3 amide bonds. The van der Waals surface area contributed by atoms with E-state index in [9.17, 15) is 14.4 Å². The standard InChI is InChI=1S/C25H28N4O4/c30-23-9-8-22(24(31)27-23)29-16-20-19(25(29)32)6-3-7-21(20)26-14-17-4-1-2-5-18(17)15-28-10-12-33-13-11-28/h1-7,22,26H,8-16H2,(H,27,30,31)/i16D2,22D. The molecule has 3 aliphatic heterocycles. The molecule has 2 N–H and O–H groups in total. The molecule has 3 heterocycles. The van der Waals surface area contributed by atoms with Crippen molar-refractivity contribution < 1.29 is 23.2 Å². The fourth-order valence-electron chi connectivity index (χ4n) is 4.37. The summed E-state index contributed by atoms with van der Waals surface area (Å²) in [4.78, 5) is 40.5. The van der Waals surface area contributed by atoms with Crippen LogP contribution >= 0.6 is 0 Å². The van der Waals surface area contributed by atoms with Crippen LogP contribution < -0.4 is 10.6 Å². The molecule has 33 heavy (non-hydrogen) atoms. The average molecular weight is 452 g/mol. The third-order valence-corrected chi connectivity index (χ3v) is 6.18. The number of nitrogens with zero attached hydrogens (tertiary/aromatic N) is 2. The Labute approximate surface area is 197 Å². The molecular weight excluding hydrogens is 420 g/mol. The summed E-state index contributed by atoms with van der Waals surface area (Å²) in [5, 5.41) is 5.37. The predicted molar refractivity (Wildman–Crippen MR) is 122 cm³/mol. The average Bonchev–Trinajstić information content (AvgIpc) is 3.07. The molecule has 2 fully saturated rings. The fraction of sp³-hybridized carbons (Fsp3) is 0.400. The van der Waals surface area contributed by atoms with E-state index in [0.29, 0.717) is 30.3 Å². The van der Waals surface area contributed by atoms with Gasteiger partial charge in [0, 0.05) is 55.9 Å². The van der Waals surface area contributed by atoms with Gasteiger partial charge in [-0.2, -0.15) is 0 Å². The highest BCUT2D eigenvalue weighted by atomic mass is 16.5. The largest absolute Gasteiger partial charge is 0.381 e. The van der Waals surface area contributed by atoms with Crippen LogP contribution in [0.1, 0.15) is 44.0 Å². The number of nitrogens with one attached hydrogen (secondary N) is 2. The number of anilines is 1. The van der Waals surface area contributed by atoms with Crippen molar-refractivity contribution in [3.8, 4) is 0 Å². The summed E-state index contributed by atoms with van der Waals surface area (Å²) in [5.41, 5.74) is 2.81. The van der Waals surface area contributed by atoms with E-state index in [4.69, 9.17) is 8.85 Å². The minimum atomic E-state index is -2.43. The molecule has 172 valence electrons. The van der Waals surface area contributed by atoms with Crippen molar-refractivity contribution in [1.82, 2.24) is 15.1 Å². The lowest BCUT2D eigenvalue weighted by Crippen LogP contribution is -2.52. The van der Waals surface area contributed by atoms with Crippen molar-refractivity contribution in [2.24, 2.45) is 0 Å². The van der Waals surface area contributed by atoms with Crippen LogP contribution in [-0.2, 0) is 33.9 Å². The zero-order chi connectivity index (χ0) is 25.5. The van der Waals surface area contributed by atoms with Crippen LogP contribution in [0, 0.1) is 0 Å². The Morgan fingerprint density at radius 2 is 1.88 bits per heavy atom. The van der Waals surface area contributed by atoms with Crippen LogP contribution in [0.25, 0.3) is 0 Å². The first-order valence-corrected chi connectivity index (χ1v) is 11.1. The van der Waals surface area contributed by atoms with Crippen LogP contribution in [0.3, 0.4) is 0 Å². The van der Waals surface area contributed by atoms with Crippen LogP contribution in [0.4, 0.5) is 5.69 Å². The van der Waals surface area contributed by atoms with Crippen LogP contribution in [0.5, 0.6) is 0 Å². The minimum absolute atomic E-state index is 0.0944. The van der Waals surface area contributed by atoms with Crippen molar-refractivity contribution >= 4 is 23.4 Å². The lowest BCUT2D eigenvalue weighted by atomic mass is 10.0. The van der Waals surface area contributed by atoms with Gasteiger partial charge in [-0.05, 0) is 29.7 Å². The number of piperidine rings is 1. The van der Waals surface area contributed by atoms with E-state index < -0.39 is 30.2 Å². The van der Waals surface area contributed by atoms with E-state index in [-0.39, 0.29) is 24.0 Å². The summed E-state index contributed by atoms with van der Waals surface area (Å²) < 4.78 is 31.8. The summed E-state index contributed by atoms with van der Waals surface area (Å²) in [7, 11) is 0. The molecule has 0 saturated carbocycles. The van der Waals surface area contributed by atoms with Gasteiger partial charge in [-0.15, -0.1) is 0 Å². The molecule has 0 radical (unpaired) electrons. The Hall–Kier alpha value is -3.23. The first-order chi connectivity index (χ1) is 17.2.